The number of hydrogen-bond donors (Lipinski definition) is 2. The highest BCUT2D eigenvalue weighted by Gasteiger charge is 2.10. The molecule has 41 heavy (non-hydrogen) atoms. The van der Waals surface area contributed by atoms with Crippen LogP contribution in [0, 0.1) is 11.3 Å². The zero-order valence-electron chi connectivity index (χ0n) is 28.5. The van der Waals surface area contributed by atoms with Crippen molar-refractivity contribution in [2.75, 3.05) is 19.8 Å². The van der Waals surface area contributed by atoms with Crippen molar-refractivity contribution in [3.05, 3.63) is 36.9 Å². The van der Waals surface area contributed by atoms with Crippen molar-refractivity contribution in [2.45, 2.75) is 145 Å². The van der Waals surface area contributed by atoms with E-state index in [1.807, 2.05) is 48.5 Å². The first-order valence-corrected chi connectivity index (χ1v) is 17.0. The number of hydrogen-bond acceptors (Lipinski definition) is 6. The molecule has 1 aromatic rings. The molecule has 246 valence electrons. The molecule has 0 amide bonds. The fourth-order valence-electron chi connectivity index (χ4n) is 2.17. The van der Waals surface area contributed by atoms with Gasteiger partial charge in [0.05, 0.1) is 17.6 Å². The number of nitriles is 1. The molecule has 1 rings (SSSR count). The fourth-order valence-corrected chi connectivity index (χ4v) is 2.65. The maximum absolute atomic E-state index is 10.8. The van der Waals surface area contributed by atoms with Gasteiger partial charge in [-0.2, -0.15) is 13.7 Å². The lowest BCUT2D eigenvalue weighted by Crippen LogP contribution is -2.23. The average molecular weight is 606 g/mol. The summed E-state index contributed by atoms with van der Waals surface area (Å²) in [5.41, 5.74) is 0. The van der Waals surface area contributed by atoms with Crippen molar-refractivity contribution in [3.8, 4) is 11.8 Å². The highest BCUT2D eigenvalue weighted by atomic mass is 32.2. The molecule has 1 unspecified atom stereocenters. The second-order valence-electron chi connectivity index (χ2n) is 7.72. The van der Waals surface area contributed by atoms with Gasteiger partial charge in [0.2, 0.25) is 0 Å². The summed E-state index contributed by atoms with van der Waals surface area (Å²) >= 11 is 0. The van der Waals surface area contributed by atoms with E-state index >= 15 is 0 Å². The molecular formula is C33H67NO6S. The standard InChI is InChI=1S/C13H20O6S.C6H14.C5H9N.C3H6.3C2H6/c1-2-3-8-18-9-11(14)10-19-12-4-6-13(7-5-12)20(15,16)17;1-3-5-6-4-2;1-2-3-4-5-6;1-3-2;3*1-2/h4-7,11,14H,2-3,8-10H2,1H3,(H,15,16,17);3-6H2,1-2H3;2-4H2,1H3;3H,1H2,2H3;3*1-2H3. The summed E-state index contributed by atoms with van der Waals surface area (Å²) in [5.74, 6) is 0.407. The Morgan fingerprint density at radius 3 is 1.59 bits per heavy atom. The molecule has 7 nitrogen and oxygen atoms in total. The number of ether oxygens (including phenoxy) is 2. The lowest BCUT2D eigenvalue weighted by molar-refractivity contribution is 0.0113. The van der Waals surface area contributed by atoms with Crippen molar-refractivity contribution < 1.29 is 27.6 Å². The summed E-state index contributed by atoms with van der Waals surface area (Å²) in [6.07, 6.45) is 11.4. The first kappa shape index (κ1) is 51.8. The van der Waals surface area contributed by atoms with Gasteiger partial charge in [-0.15, -0.1) is 6.58 Å². The molecular weight excluding hydrogens is 538 g/mol. The number of aliphatic hydroxyl groups is 1. The van der Waals surface area contributed by atoms with Crippen LogP contribution in [0.2, 0.25) is 0 Å². The Labute approximate surface area is 256 Å². The van der Waals surface area contributed by atoms with E-state index in [0.717, 1.165) is 32.1 Å². The van der Waals surface area contributed by atoms with Gasteiger partial charge in [0, 0.05) is 13.0 Å². The van der Waals surface area contributed by atoms with Crippen LogP contribution in [0.25, 0.3) is 0 Å². The van der Waals surface area contributed by atoms with Crippen LogP contribution in [-0.4, -0.2) is 44.0 Å². The Balaban J connectivity index is -0.000000120. The van der Waals surface area contributed by atoms with Gasteiger partial charge >= 0.3 is 0 Å². The monoisotopic (exact) mass is 605 g/mol. The number of benzene rings is 1. The van der Waals surface area contributed by atoms with Crippen LogP contribution in [0.15, 0.2) is 41.8 Å². The van der Waals surface area contributed by atoms with Crippen molar-refractivity contribution >= 4 is 10.1 Å². The molecule has 0 heterocycles. The molecule has 0 aromatic heterocycles. The minimum absolute atomic E-state index is 0.0529. The number of unbranched alkanes of at least 4 members (excludes halogenated alkanes) is 6. The molecule has 1 atom stereocenters. The number of rotatable bonds is 14. The molecule has 0 fully saturated rings. The largest absolute Gasteiger partial charge is 0.491 e. The van der Waals surface area contributed by atoms with Crippen LogP contribution in [0.1, 0.15) is 134 Å². The molecule has 0 bridgehead atoms. The predicted octanol–water partition coefficient (Wildman–Crippen LogP) is 10.0. The maximum atomic E-state index is 10.8. The van der Waals surface area contributed by atoms with Crippen LogP contribution in [0.3, 0.4) is 0 Å². The van der Waals surface area contributed by atoms with E-state index < -0.39 is 16.2 Å². The van der Waals surface area contributed by atoms with E-state index in [4.69, 9.17) is 19.3 Å². The van der Waals surface area contributed by atoms with Gasteiger partial charge in [-0.3, -0.25) is 4.55 Å². The summed E-state index contributed by atoms with van der Waals surface area (Å²) in [5, 5.41) is 17.6. The smallest absolute Gasteiger partial charge is 0.294 e. The van der Waals surface area contributed by atoms with E-state index in [1.54, 1.807) is 6.08 Å². The molecule has 0 aliphatic rings. The highest BCUT2D eigenvalue weighted by molar-refractivity contribution is 7.85. The summed E-state index contributed by atoms with van der Waals surface area (Å²) < 4.78 is 41.0. The Bertz CT molecular complexity index is 712. The molecule has 2 N–H and O–H groups in total. The Hall–Kier alpha value is -1.92. The van der Waals surface area contributed by atoms with Gasteiger partial charge < -0.3 is 14.6 Å². The van der Waals surface area contributed by atoms with Gasteiger partial charge in [-0.1, -0.05) is 114 Å². The van der Waals surface area contributed by atoms with Crippen LogP contribution < -0.4 is 4.74 Å². The van der Waals surface area contributed by atoms with Crippen LogP contribution in [-0.2, 0) is 14.9 Å². The summed E-state index contributed by atoms with van der Waals surface area (Å²) in [7, 11) is -4.19. The lowest BCUT2D eigenvalue weighted by atomic mass is 10.2. The highest BCUT2D eigenvalue weighted by Crippen LogP contribution is 2.15. The van der Waals surface area contributed by atoms with E-state index in [9.17, 15) is 13.5 Å². The summed E-state index contributed by atoms with van der Waals surface area (Å²) in [6.45, 7) is 26.7. The Kier molecular flexibility index (Phi) is 60.4. The number of nitrogens with zero attached hydrogens (tertiary/aromatic N) is 1. The van der Waals surface area contributed by atoms with Gasteiger partial charge in [0.25, 0.3) is 10.1 Å². The molecule has 0 radical (unpaired) electrons. The minimum atomic E-state index is -4.19. The van der Waals surface area contributed by atoms with Gasteiger partial charge in [0.15, 0.2) is 0 Å². The first-order valence-electron chi connectivity index (χ1n) is 15.6. The average Bonchev–Trinajstić information content (AvgIpc) is 3.00. The normalized spacial score (nSPS) is 9.56. The van der Waals surface area contributed by atoms with E-state index in [2.05, 4.69) is 40.3 Å². The van der Waals surface area contributed by atoms with Crippen LogP contribution in [0.4, 0.5) is 0 Å². The topological polar surface area (TPSA) is 117 Å². The van der Waals surface area contributed by atoms with E-state index in [0.29, 0.717) is 12.4 Å². The summed E-state index contributed by atoms with van der Waals surface area (Å²) in [6, 6.07) is 7.35. The lowest BCUT2D eigenvalue weighted by Gasteiger charge is -2.12. The molecule has 0 saturated carbocycles. The van der Waals surface area contributed by atoms with Crippen LogP contribution >= 0.6 is 0 Å². The zero-order valence-corrected chi connectivity index (χ0v) is 29.4. The maximum Gasteiger partial charge on any atom is 0.294 e. The molecule has 0 saturated heterocycles. The van der Waals surface area contributed by atoms with Crippen molar-refractivity contribution in [3.63, 3.8) is 0 Å². The van der Waals surface area contributed by atoms with Crippen LogP contribution in [0.5, 0.6) is 5.75 Å². The number of allylic oxidation sites excluding steroid dienone is 1. The van der Waals surface area contributed by atoms with E-state index in [-0.39, 0.29) is 18.1 Å². The fraction of sp³-hybridized carbons (Fsp3) is 0.727. The van der Waals surface area contributed by atoms with Gasteiger partial charge in [0.1, 0.15) is 18.5 Å². The Morgan fingerprint density at radius 2 is 1.27 bits per heavy atom. The predicted molar refractivity (Wildman–Crippen MR) is 178 cm³/mol. The minimum Gasteiger partial charge on any atom is -0.491 e. The van der Waals surface area contributed by atoms with Crippen molar-refractivity contribution in [2.24, 2.45) is 0 Å². The van der Waals surface area contributed by atoms with Crippen molar-refractivity contribution in [1.29, 1.82) is 5.26 Å². The SMILES string of the molecule is C=CC.CC.CC.CC.CCCCC#N.CCCCCC.CCCCOCC(O)COc1ccc(S(=O)(=O)O)cc1. The third kappa shape index (κ3) is 51.3. The Morgan fingerprint density at radius 1 is 0.854 bits per heavy atom. The third-order valence-electron chi connectivity index (χ3n) is 4.12. The molecule has 8 heteroatoms. The quantitative estimate of drug-likeness (QED) is 0.123. The van der Waals surface area contributed by atoms with Gasteiger partial charge in [-0.05, 0) is 44.0 Å². The third-order valence-corrected chi connectivity index (χ3v) is 4.98. The second-order valence-corrected chi connectivity index (χ2v) is 9.14. The number of aliphatic hydroxyl groups excluding tert-OH is 1. The van der Waals surface area contributed by atoms with E-state index in [1.165, 1.54) is 49.9 Å². The second kappa shape index (κ2) is 47.8. The van der Waals surface area contributed by atoms with Crippen molar-refractivity contribution in [1.82, 2.24) is 0 Å². The summed E-state index contributed by atoms with van der Waals surface area (Å²) in [4.78, 5) is -0.201. The zero-order chi connectivity index (χ0) is 33.4. The van der Waals surface area contributed by atoms with Gasteiger partial charge in [-0.25, -0.2) is 0 Å². The first-order chi connectivity index (χ1) is 19.7. The molecule has 1 aromatic carbocycles. The molecule has 0 spiro atoms. The molecule has 0 aliphatic heterocycles. The molecule has 0 aliphatic carbocycles.